The van der Waals surface area contributed by atoms with Gasteiger partial charge in [-0.05, 0) is 17.7 Å². The average molecular weight is 405 g/mol. The van der Waals surface area contributed by atoms with Crippen LogP contribution in [0.25, 0.3) is 0 Å². The Hall–Kier alpha value is -3.86. The Morgan fingerprint density at radius 1 is 0.966 bits per heavy atom. The highest BCUT2D eigenvalue weighted by Crippen LogP contribution is 2.22. The van der Waals surface area contributed by atoms with Gasteiger partial charge in [-0.15, -0.1) is 0 Å². The van der Waals surface area contributed by atoms with E-state index in [-0.39, 0.29) is 38.3 Å². The first kappa shape index (κ1) is 23.2. The molecule has 2 N–H and O–H groups in total. The fourth-order valence-electron chi connectivity index (χ4n) is 2.21. The van der Waals surface area contributed by atoms with Gasteiger partial charge in [0.25, 0.3) is 17.3 Å². The van der Waals surface area contributed by atoms with Crippen molar-refractivity contribution in [3.63, 3.8) is 0 Å². The lowest BCUT2D eigenvalue weighted by Crippen LogP contribution is -2.27. The Labute approximate surface area is 165 Å². The number of nitro groups is 2. The maximum atomic E-state index is 12.1. The van der Waals surface area contributed by atoms with Gasteiger partial charge in [0.1, 0.15) is 0 Å². The number of hydrogen-bond acceptors (Lipinski definition) is 7. The van der Waals surface area contributed by atoms with Crippen molar-refractivity contribution in [2.24, 2.45) is 0 Å². The number of nitrogens with one attached hydrogen (secondary N) is 1. The van der Waals surface area contributed by atoms with E-state index in [1.807, 2.05) is 0 Å². The summed E-state index contributed by atoms with van der Waals surface area (Å²) in [5.41, 5.74) is -0.418. The predicted octanol–water partition coefficient (Wildman–Crippen LogP) is 2.78. The number of amides is 1. The summed E-state index contributed by atoms with van der Waals surface area (Å²) in [5.74, 6) is -1.74. The van der Waals surface area contributed by atoms with Gasteiger partial charge in [0.15, 0.2) is 0 Å². The first-order valence-electron chi connectivity index (χ1n) is 7.90. The molecule has 2 aromatic rings. The largest absolute Gasteiger partial charge is 0.478 e. The SMILES string of the molecule is C.O=C(O)c1ccc(COCCNC(=O)c2cc([N+](=O)[O-])cc([N+](=O)[O-])c2)cc1. The molecule has 2 rings (SSSR count). The van der Waals surface area contributed by atoms with Crippen LogP contribution in [0.1, 0.15) is 33.7 Å². The van der Waals surface area contributed by atoms with Crippen molar-refractivity contribution in [3.05, 3.63) is 79.4 Å². The minimum atomic E-state index is -1.03. The molecule has 0 unspecified atom stereocenters. The lowest BCUT2D eigenvalue weighted by molar-refractivity contribution is -0.394. The molecule has 11 nitrogen and oxygen atoms in total. The summed E-state index contributed by atoms with van der Waals surface area (Å²) >= 11 is 0. The molecular weight excluding hydrogens is 386 g/mol. The lowest BCUT2D eigenvalue weighted by Gasteiger charge is -2.07. The molecule has 2 aromatic carbocycles. The molecule has 0 saturated carbocycles. The van der Waals surface area contributed by atoms with Crippen molar-refractivity contribution in [3.8, 4) is 0 Å². The van der Waals surface area contributed by atoms with Crippen molar-refractivity contribution >= 4 is 23.3 Å². The highest BCUT2D eigenvalue weighted by atomic mass is 16.6. The molecule has 0 bridgehead atoms. The molecule has 0 atom stereocenters. The molecular formula is C18H19N3O8. The van der Waals surface area contributed by atoms with Crippen LogP contribution in [0.2, 0.25) is 0 Å². The quantitative estimate of drug-likeness (QED) is 0.365. The van der Waals surface area contributed by atoms with E-state index in [4.69, 9.17) is 9.84 Å². The Kier molecular flexibility index (Phi) is 8.37. The number of hydrogen-bond donors (Lipinski definition) is 2. The molecule has 0 aliphatic carbocycles. The third-order valence-corrected chi connectivity index (χ3v) is 3.59. The molecule has 0 radical (unpaired) electrons. The summed E-state index contributed by atoms with van der Waals surface area (Å²) in [5, 5.41) is 33.0. The number of carbonyl (C=O) groups is 2. The highest BCUT2D eigenvalue weighted by molar-refractivity contribution is 5.95. The van der Waals surface area contributed by atoms with Gasteiger partial charge in [-0.1, -0.05) is 19.6 Å². The average Bonchev–Trinajstić information content (AvgIpc) is 2.67. The van der Waals surface area contributed by atoms with Crippen LogP contribution >= 0.6 is 0 Å². The van der Waals surface area contributed by atoms with E-state index < -0.39 is 33.1 Å². The van der Waals surface area contributed by atoms with Crippen molar-refractivity contribution in [2.45, 2.75) is 14.0 Å². The second-order valence-corrected chi connectivity index (χ2v) is 5.56. The zero-order valence-corrected chi connectivity index (χ0v) is 14.4. The molecule has 11 heteroatoms. The topological polar surface area (TPSA) is 162 Å². The maximum Gasteiger partial charge on any atom is 0.335 e. The number of rotatable bonds is 9. The number of nitro benzene ring substituents is 2. The Morgan fingerprint density at radius 2 is 1.52 bits per heavy atom. The minimum Gasteiger partial charge on any atom is -0.478 e. The molecule has 0 aromatic heterocycles. The number of carbonyl (C=O) groups excluding carboxylic acids is 1. The first-order chi connectivity index (χ1) is 13.3. The normalized spacial score (nSPS) is 9.93. The molecule has 1 amide bonds. The van der Waals surface area contributed by atoms with E-state index in [9.17, 15) is 29.8 Å². The van der Waals surface area contributed by atoms with E-state index in [1.54, 1.807) is 12.1 Å². The smallest absolute Gasteiger partial charge is 0.335 e. The number of ether oxygens (including phenoxy) is 1. The van der Waals surface area contributed by atoms with Gasteiger partial charge in [-0.3, -0.25) is 25.0 Å². The van der Waals surface area contributed by atoms with Crippen molar-refractivity contribution in [1.82, 2.24) is 5.32 Å². The molecule has 0 aliphatic heterocycles. The van der Waals surface area contributed by atoms with Crippen LogP contribution in [-0.4, -0.2) is 40.0 Å². The Balaban J connectivity index is 0.00000420. The summed E-state index contributed by atoms with van der Waals surface area (Å²) in [7, 11) is 0. The fourth-order valence-corrected chi connectivity index (χ4v) is 2.21. The van der Waals surface area contributed by atoms with Crippen molar-refractivity contribution in [1.29, 1.82) is 0 Å². The van der Waals surface area contributed by atoms with Crippen LogP contribution in [0.15, 0.2) is 42.5 Å². The molecule has 0 spiro atoms. The molecule has 0 heterocycles. The second kappa shape index (κ2) is 10.5. The van der Waals surface area contributed by atoms with Gasteiger partial charge < -0.3 is 15.2 Å². The maximum absolute atomic E-state index is 12.1. The number of carboxylic acids is 1. The van der Waals surface area contributed by atoms with Crippen LogP contribution in [-0.2, 0) is 11.3 Å². The summed E-state index contributed by atoms with van der Waals surface area (Å²) in [6.45, 7) is 0.379. The third-order valence-electron chi connectivity index (χ3n) is 3.59. The van der Waals surface area contributed by atoms with Crippen LogP contribution in [0, 0.1) is 20.2 Å². The molecule has 0 saturated heterocycles. The fraction of sp³-hybridized carbons (Fsp3) is 0.222. The number of nitrogens with zero attached hydrogens (tertiary/aromatic N) is 2. The highest BCUT2D eigenvalue weighted by Gasteiger charge is 2.19. The summed E-state index contributed by atoms with van der Waals surface area (Å²) in [4.78, 5) is 42.9. The van der Waals surface area contributed by atoms with Crippen molar-refractivity contribution < 1.29 is 29.3 Å². The molecule has 154 valence electrons. The number of aromatic carboxylic acids is 1. The van der Waals surface area contributed by atoms with E-state index in [2.05, 4.69) is 5.32 Å². The zero-order valence-electron chi connectivity index (χ0n) is 14.4. The van der Waals surface area contributed by atoms with Gasteiger partial charge >= 0.3 is 5.97 Å². The van der Waals surface area contributed by atoms with Crippen LogP contribution < -0.4 is 5.32 Å². The monoisotopic (exact) mass is 405 g/mol. The number of non-ortho nitro benzene ring substituents is 2. The second-order valence-electron chi connectivity index (χ2n) is 5.56. The van der Waals surface area contributed by atoms with Gasteiger partial charge in [-0.25, -0.2) is 4.79 Å². The van der Waals surface area contributed by atoms with E-state index >= 15 is 0 Å². The summed E-state index contributed by atoms with van der Waals surface area (Å²) in [6.07, 6.45) is 0. The molecule has 29 heavy (non-hydrogen) atoms. The number of benzene rings is 2. The van der Waals surface area contributed by atoms with Gasteiger partial charge in [-0.2, -0.15) is 0 Å². The number of carboxylic acid groups (broad SMARTS) is 1. The minimum absolute atomic E-state index is 0. The summed E-state index contributed by atoms with van der Waals surface area (Å²) in [6, 6.07) is 8.76. The Bertz CT molecular complexity index is 880. The molecule has 0 aliphatic rings. The predicted molar refractivity (Wildman–Crippen MR) is 102 cm³/mol. The van der Waals surface area contributed by atoms with E-state index in [0.29, 0.717) is 0 Å². The molecule has 0 fully saturated rings. The van der Waals surface area contributed by atoms with Crippen molar-refractivity contribution in [2.75, 3.05) is 13.2 Å². The zero-order chi connectivity index (χ0) is 20.7. The standard InChI is InChI=1S/C17H15N3O8.CH4/c21-16(13-7-14(19(24)25)9-15(8-13)20(26)27)18-5-6-28-10-11-1-3-12(4-2-11)17(22)23;/h1-4,7-9H,5-6,10H2,(H,18,21)(H,22,23);1H4. The van der Waals surface area contributed by atoms with Gasteiger partial charge in [0.2, 0.25) is 0 Å². The van der Waals surface area contributed by atoms with Crippen LogP contribution in [0.5, 0.6) is 0 Å². The first-order valence-corrected chi connectivity index (χ1v) is 7.90. The van der Waals surface area contributed by atoms with E-state index in [1.165, 1.54) is 12.1 Å². The third kappa shape index (κ3) is 6.66. The van der Waals surface area contributed by atoms with Gasteiger partial charge in [0.05, 0.1) is 40.3 Å². The summed E-state index contributed by atoms with van der Waals surface area (Å²) < 4.78 is 5.35. The van der Waals surface area contributed by atoms with Crippen LogP contribution in [0.4, 0.5) is 11.4 Å². The van der Waals surface area contributed by atoms with Gasteiger partial charge in [0, 0.05) is 18.7 Å². The Morgan fingerprint density at radius 3 is 2.00 bits per heavy atom. The van der Waals surface area contributed by atoms with E-state index in [0.717, 1.165) is 23.8 Å². The lowest BCUT2D eigenvalue weighted by atomic mass is 10.1. The van der Waals surface area contributed by atoms with Crippen LogP contribution in [0.3, 0.4) is 0 Å².